The lowest BCUT2D eigenvalue weighted by Crippen LogP contribution is -1.85. The number of aromatic nitrogens is 1. The standard InChI is InChI=1S/C10H9BrN2/c11-6-2-1-5-10-9(8-12)4-3-7-13-10/h1,3-5,7H,2,6H2. The molecule has 0 aliphatic carbocycles. The van der Waals surface area contributed by atoms with Gasteiger partial charge in [-0.25, -0.2) is 0 Å². The SMILES string of the molecule is N#Cc1cccnc1C=CCCBr. The molecule has 0 amide bonds. The van der Waals surface area contributed by atoms with Gasteiger partial charge in [-0.2, -0.15) is 5.26 Å². The summed E-state index contributed by atoms with van der Waals surface area (Å²) in [4.78, 5) is 4.10. The Morgan fingerprint density at radius 3 is 3.15 bits per heavy atom. The molecule has 0 aromatic carbocycles. The summed E-state index contributed by atoms with van der Waals surface area (Å²) in [7, 11) is 0. The summed E-state index contributed by atoms with van der Waals surface area (Å²) in [5.74, 6) is 0. The molecule has 1 rings (SSSR count). The molecule has 0 spiro atoms. The van der Waals surface area contributed by atoms with Gasteiger partial charge in [0.15, 0.2) is 0 Å². The second kappa shape index (κ2) is 5.50. The number of allylic oxidation sites excluding steroid dienone is 1. The molecule has 0 radical (unpaired) electrons. The quantitative estimate of drug-likeness (QED) is 0.758. The second-order valence-corrected chi connectivity index (χ2v) is 3.22. The first-order valence-corrected chi connectivity index (χ1v) is 5.08. The number of halogens is 1. The number of nitrogens with zero attached hydrogens (tertiary/aromatic N) is 2. The number of pyridine rings is 1. The lowest BCUT2D eigenvalue weighted by atomic mass is 10.2. The Balaban J connectivity index is 2.82. The van der Waals surface area contributed by atoms with Crippen molar-refractivity contribution in [3.05, 3.63) is 35.7 Å². The minimum atomic E-state index is 0.619. The highest BCUT2D eigenvalue weighted by atomic mass is 79.9. The summed E-state index contributed by atoms with van der Waals surface area (Å²) in [5, 5.41) is 9.67. The topological polar surface area (TPSA) is 36.7 Å². The third kappa shape index (κ3) is 3.00. The van der Waals surface area contributed by atoms with E-state index in [0.29, 0.717) is 5.56 Å². The van der Waals surface area contributed by atoms with Gasteiger partial charge in [0.1, 0.15) is 6.07 Å². The number of nitriles is 1. The molecular weight excluding hydrogens is 228 g/mol. The van der Waals surface area contributed by atoms with Crippen molar-refractivity contribution in [3.8, 4) is 6.07 Å². The first-order valence-electron chi connectivity index (χ1n) is 3.96. The minimum Gasteiger partial charge on any atom is -0.256 e. The van der Waals surface area contributed by atoms with Crippen molar-refractivity contribution < 1.29 is 0 Å². The summed E-state index contributed by atoms with van der Waals surface area (Å²) in [6, 6.07) is 5.63. The molecule has 66 valence electrons. The van der Waals surface area contributed by atoms with Crippen molar-refractivity contribution in [3.63, 3.8) is 0 Å². The van der Waals surface area contributed by atoms with E-state index in [0.717, 1.165) is 17.4 Å². The van der Waals surface area contributed by atoms with Crippen molar-refractivity contribution >= 4 is 22.0 Å². The molecule has 13 heavy (non-hydrogen) atoms. The molecule has 3 heteroatoms. The van der Waals surface area contributed by atoms with E-state index in [1.807, 2.05) is 12.2 Å². The van der Waals surface area contributed by atoms with Crippen LogP contribution in [0.1, 0.15) is 17.7 Å². The van der Waals surface area contributed by atoms with Crippen LogP contribution >= 0.6 is 15.9 Å². The van der Waals surface area contributed by atoms with Gasteiger partial charge in [0.25, 0.3) is 0 Å². The molecule has 1 heterocycles. The third-order valence-electron chi connectivity index (χ3n) is 1.51. The molecular formula is C10H9BrN2. The number of alkyl halides is 1. The predicted molar refractivity (Wildman–Crippen MR) is 56.4 cm³/mol. The highest BCUT2D eigenvalue weighted by molar-refractivity contribution is 9.09. The molecule has 0 saturated heterocycles. The van der Waals surface area contributed by atoms with Crippen LogP contribution in [0.3, 0.4) is 0 Å². The number of hydrogen-bond donors (Lipinski definition) is 0. The maximum Gasteiger partial charge on any atom is 0.101 e. The van der Waals surface area contributed by atoms with Crippen LogP contribution in [0.5, 0.6) is 0 Å². The van der Waals surface area contributed by atoms with Crippen molar-refractivity contribution in [1.82, 2.24) is 4.98 Å². The van der Waals surface area contributed by atoms with E-state index in [9.17, 15) is 0 Å². The van der Waals surface area contributed by atoms with Crippen molar-refractivity contribution in [2.24, 2.45) is 0 Å². The van der Waals surface area contributed by atoms with E-state index in [-0.39, 0.29) is 0 Å². The van der Waals surface area contributed by atoms with E-state index in [4.69, 9.17) is 5.26 Å². The summed E-state index contributed by atoms with van der Waals surface area (Å²) in [5.41, 5.74) is 1.36. The van der Waals surface area contributed by atoms with E-state index in [1.165, 1.54) is 0 Å². The molecule has 0 saturated carbocycles. The van der Waals surface area contributed by atoms with Gasteiger partial charge in [0, 0.05) is 11.5 Å². The smallest absolute Gasteiger partial charge is 0.101 e. The Morgan fingerprint density at radius 2 is 2.46 bits per heavy atom. The highest BCUT2D eigenvalue weighted by Gasteiger charge is 1.96. The average molecular weight is 237 g/mol. The predicted octanol–water partition coefficient (Wildman–Crippen LogP) is 2.75. The Bertz CT molecular complexity index is 339. The van der Waals surface area contributed by atoms with Crippen LogP contribution in [0.4, 0.5) is 0 Å². The van der Waals surface area contributed by atoms with Gasteiger partial charge in [-0.05, 0) is 24.6 Å². The normalized spacial score (nSPS) is 10.2. The fourth-order valence-corrected chi connectivity index (χ4v) is 1.17. The maximum absolute atomic E-state index is 8.74. The summed E-state index contributed by atoms with van der Waals surface area (Å²) >= 11 is 3.32. The van der Waals surface area contributed by atoms with E-state index in [1.54, 1.807) is 18.3 Å². The molecule has 0 atom stereocenters. The monoisotopic (exact) mass is 236 g/mol. The zero-order valence-electron chi connectivity index (χ0n) is 7.07. The molecule has 1 aromatic rings. The van der Waals surface area contributed by atoms with Crippen LogP contribution in [-0.2, 0) is 0 Å². The summed E-state index contributed by atoms with van der Waals surface area (Å²) < 4.78 is 0. The molecule has 0 bridgehead atoms. The Kier molecular flexibility index (Phi) is 4.20. The lowest BCUT2D eigenvalue weighted by molar-refractivity contribution is 1.24. The van der Waals surface area contributed by atoms with Gasteiger partial charge in [0.05, 0.1) is 11.3 Å². The summed E-state index contributed by atoms with van der Waals surface area (Å²) in [6.07, 6.45) is 6.51. The zero-order valence-corrected chi connectivity index (χ0v) is 8.66. The molecule has 0 fully saturated rings. The van der Waals surface area contributed by atoms with Gasteiger partial charge in [-0.15, -0.1) is 0 Å². The largest absolute Gasteiger partial charge is 0.256 e. The first kappa shape index (κ1) is 9.94. The van der Waals surface area contributed by atoms with Gasteiger partial charge in [-0.1, -0.05) is 22.0 Å². The van der Waals surface area contributed by atoms with Crippen LogP contribution in [-0.4, -0.2) is 10.3 Å². The van der Waals surface area contributed by atoms with Crippen LogP contribution in [0.2, 0.25) is 0 Å². The van der Waals surface area contributed by atoms with E-state index in [2.05, 4.69) is 27.0 Å². The molecule has 0 aliphatic heterocycles. The van der Waals surface area contributed by atoms with Crippen molar-refractivity contribution in [2.75, 3.05) is 5.33 Å². The van der Waals surface area contributed by atoms with Crippen LogP contribution in [0.25, 0.3) is 6.08 Å². The van der Waals surface area contributed by atoms with Gasteiger partial charge in [0.2, 0.25) is 0 Å². The Hall–Kier alpha value is -1.14. The Labute approximate surface area is 86.0 Å². The van der Waals surface area contributed by atoms with Gasteiger partial charge >= 0.3 is 0 Å². The molecule has 0 unspecified atom stereocenters. The average Bonchev–Trinajstić information content (AvgIpc) is 2.19. The van der Waals surface area contributed by atoms with E-state index >= 15 is 0 Å². The fourth-order valence-electron chi connectivity index (χ4n) is 0.903. The minimum absolute atomic E-state index is 0.619. The fraction of sp³-hybridized carbons (Fsp3) is 0.200. The first-order chi connectivity index (χ1) is 6.38. The lowest BCUT2D eigenvalue weighted by Gasteiger charge is -1.93. The van der Waals surface area contributed by atoms with Crippen LogP contribution < -0.4 is 0 Å². The molecule has 0 aliphatic rings. The van der Waals surface area contributed by atoms with Crippen LogP contribution in [0.15, 0.2) is 24.4 Å². The summed E-state index contributed by atoms with van der Waals surface area (Å²) in [6.45, 7) is 0. The number of hydrogen-bond acceptors (Lipinski definition) is 2. The molecule has 1 aromatic heterocycles. The Morgan fingerprint density at radius 1 is 1.62 bits per heavy atom. The molecule has 0 N–H and O–H groups in total. The number of rotatable bonds is 3. The second-order valence-electron chi connectivity index (χ2n) is 2.43. The van der Waals surface area contributed by atoms with Crippen molar-refractivity contribution in [2.45, 2.75) is 6.42 Å². The maximum atomic E-state index is 8.74. The third-order valence-corrected chi connectivity index (χ3v) is 1.97. The molecule has 2 nitrogen and oxygen atoms in total. The van der Waals surface area contributed by atoms with Gasteiger partial charge in [-0.3, -0.25) is 4.98 Å². The van der Waals surface area contributed by atoms with E-state index < -0.39 is 0 Å². The van der Waals surface area contributed by atoms with Gasteiger partial charge < -0.3 is 0 Å². The van der Waals surface area contributed by atoms with Crippen LogP contribution in [0, 0.1) is 11.3 Å². The zero-order chi connectivity index (χ0) is 9.52. The van der Waals surface area contributed by atoms with Crippen molar-refractivity contribution in [1.29, 1.82) is 5.26 Å². The highest BCUT2D eigenvalue weighted by Crippen LogP contribution is 2.06.